The Bertz CT molecular complexity index is 457. The number of nitro groups is 1. The van der Waals surface area contributed by atoms with Gasteiger partial charge in [-0.3, -0.25) is 10.1 Å². The van der Waals surface area contributed by atoms with Gasteiger partial charge in [0, 0.05) is 29.2 Å². The maximum Gasteiger partial charge on any atom is 0.270 e. The van der Waals surface area contributed by atoms with Crippen molar-refractivity contribution in [3.63, 3.8) is 0 Å². The fourth-order valence-electron chi connectivity index (χ4n) is 2.57. The third-order valence-corrected chi connectivity index (χ3v) is 4.22. The van der Waals surface area contributed by atoms with Gasteiger partial charge in [0.25, 0.3) is 5.69 Å². The Morgan fingerprint density at radius 2 is 2.00 bits per heavy atom. The van der Waals surface area contributed by atoms with Crippen LogP contribution in [0.5, 0.6) is 0 Å². The highest BCUT2D eigenvalue weighted by atomic mass is 79.9. The van der Waals surface area contributed by atoms with E-state index in [1.807, 2.05) is 6.07 Å². The maximum atomic E-state index is 10.8. The first-order chi connectivity index (χ1) is 9.04. The number of non-ortho nitro benzene ring substituents is 1. The highest BCUT2D eigenvalue weighted by molar-refractivity contribution is 9.10. The lowest BCUT2D eigenvalue weighted by atomic mass is 9.87. The minimum Gasteiger partial charge on any atom is -0.310 e. The second kappa shape index (κ2) is 6.48. The number of hydrogen-bond acceptors (Lipinski definition) is 3. The van der Waals surface area contributed by atoms with Gasteiger partial charge in [0.05, 0.1) is 4.92 Å². The third kappa shape index (κ3) is 4.28. The van der Waals surface area contributed by atoms with Crippen molar-refractivity contribution < 1.29 is 4.92 Å². The number of benzene rings is 1. The second-order valence-corrected chi connectivity index (χ2v) is 6.33. The largest absolute Gasteiger partial charge is 0.310 e. The molecule has 1 fully saturated rings. The summed E-state index contributed by atoms with van der Waals surface area (Å²) in [5.41, 5.74) is 1.10. The molecule has 0 unspecified atom stereocenters. The van der Waals surface area contributed by atoms with Crippen LogP contribution in [0.15, 0.2) is 22.7 Å². The van der Waals surface area contributed by atoms with Crippen LogP contribution in [-0.2, 0) is 6.54 Å². The van der Waals surface area contributed by atoms with Crippen LogP contribution in [0, 0.1) is 16.0 Å². The monoisotopic (exact) mass is 326 g/mol. The molecule has 0 aliphatic heterocycles. The quantitative estimate of drug-likeness (QED) is 0.671. The summed E-state index contributed by atoms with van der Waals surface area (Å²) in [6.45, 7) is 2.99. The molecule has 0 saturated heterocycles. The van der Waals surface area contributed by atoms with E-state index < -0.39 is 0 Å². The Morgan fingerprint density at radius 3 is 2.63 bits per heavy atom. The fourth-order valence-corrected chi connectivity index (χ4v) is 3.10. The predicted molar refractivity (Wildman–Crippen MR) is 79.1 cm³/mol. The predicted octanol–water partition coefficient (Wildman–Crippen LogP) is 4.03. The van der Waals surface area contributed by atoms with Crippen LogP contribution in [-0.4, -0.2) is 11.0 Å². The van der Waals surface area contributed by atoms with E-state index in [9.17, 15) is 10.1 Å². The van der Waals surface area contributed by atoms with Crippen molar-refractivity contribution in [1.29, 1.82) is 0 Å². The standard InChI is InChI=1S/C14H19BrN2O2/c1-10-2-4-13(5-3-10)16-9-11-6-12(15)8-14(7-11)17(18)19/h6-8,10,13,16H,2-5,9H2,1H3. The first kappa shape index (κ1) is 14.5. The molecule has 1 aromatic rings. The van der Waals surface area contributed by atoms with Crippen molar-refractivity contribution in [3.05, 3.63) is 38.3 Å². The van der Waals surface area contributed by atoms with E-state index in [-0.39, 0.29) is 10.6 Å². The van der Waals surface area contributed by atoms with Gasteiger partial charge < -0.3 is 5.32 Å². The van der Waals surface area contributed by atoms with Crippen LogP contribution in [0.25, 0.3) is 0 Å². The average molecular weight is 327 g/mol. The fraction of sp³-hybridized carbons (Fsp3) is 0.571. The van der Waals surface area contributed by atoms with Crippen molar-refractivity contribution in [2.75, 3.05) is 0 Å². The van der Waals surface area contributed by atoms with E-state index in [4.69, 9.17) is 0 Å². The molecule has 1 aliphatic rings. The molecule has 1 aromatic carbocycles. The molecule has 0 bridgehead atoms. The number of nitrogens with zero attached hydrogens (tertiary/aromatic N) is 1. The SMILES string of the molecule is CC1CCC(NCc2cc(Br)cc([N+](=O)[O-])c2)CC1. The Labute approximate surface area is 121 Å². The molecule has 0 aromatic heterocycles. The van der Waals surface area contributed by atoms with Gasteiger partial charge in [0.1, 0.15) is 0 Å². The molecule has 0 heterocycles. The number of nitro benzene ring substituents is 1. The zero-order valence-electron chi connectivity index (χ0n) is 11.1. The van der Waals surface area contributed by atoms with Crippen molar-refractivity contribution in [2.24, 2.45) is 5.92 Å². The Hall–Kier alpha value is -0.940. The molecular formula is C14H19BrN2O2. The van der Waals surface area contributed by atoms with Gasteiger partial charge in [0.2, 0.25) is 0 Å². The lowest BCUT2D eigenvalue weighted by Crippen LogP contribution is -2.32. The van der Waals surface area contributed by atoms with Gasteiger partial charge in [-0.2, -0.15) is 0 Å². The van der Waals surface area contributed by atoms with E-state index in [1.165, 1.54) is 31.7 Å². The summed E-state index contributed by atoms with van der Waals surface area (Å²) in [6.07, 6.45) is 4.96. The van der Waals surface area contributed by atoms with Crippen LogP contribution in [0.3, 0.4) is 0 Å². The molecule has 0 radical (unpaired) electrons. The molecule has 1 aliphatic carbocycles. The van der Waals surface area contributed by atoms with Crippen molar-refractivity contribution >= 4 is 21.6 Å². The average Bonchev–Trinajstić information content (AvgIpc) is 2.37. The van der Waals surface area contributed by atoms with E-state index in [1.54, 1.807) is 6.07 Å². The Morgan fingerprint density at radius 1 is 1.32 bits per heavy atom. The van der Waals surface area contributed by atoms with Gasteiger partial charge in [0.15, 0.2) is 0 Å². The minimum atomic E-state index is -0.351. The number of rotatable bonds is 4. The molecule has 0 amide bonds. The maximum absolute atomic E-state index is 10.8. The summed E-state index contributed by atoms with van der Waals surface area (Å²) in [5.74, 6) is 0.838. The highest BCUT2D eigenvalue weighted by Crippen LogP contribution is 2.25. The van der Waals surface area contributed by atoms with Crippen LogP contribution < -0.4 is 5.32 Å². The minimum absolute atomic E-state index is 0.142. The van der Waals surface area contributed by atoms with E-state index in [0.29, 0.717) is 12.6 Å². The normalized spacial score (nSPS) is 23.3. The lowest BCUT2D eigenvalue weighted by Gasteiger charge is -2.27. The zero-order chi connectivity index (χ0) is 13.8. The topological polar surface area (TPSA) is 55.2 Å². The molecule has 2 rings (SSSR count). The van der Waals surface area contributed by atoms with Crippen molar-refractivity contribution in [3.8, 4) is 0 Å². The lowest BCUT2D eigenvalue weighted by molar-refractivity contribution is -0.385. The van der Waals surface area contributed by atoms with Crippen LogP contribution in [0.1, 0.15) is 38.2 Å². The van der Waals surface area contributed by atoms with Gasteiger partial charge in [-0.15, -0.1) is 0 Å². The highest BCUT2D eigenvalue weighted by Gasteiger charge is 2.17. The van der Waals surface area contributed by atoms with Crippen molar-refractivity contribution in [2.45, 2.75) is 45.2 Å². The summed E-state index contributed by atoms with van der Waals surface area (Å²) in [5, 5.41) is 14.3. The van der Waals surface area contributed by atoms with Gasteiger partial charge >= 0.3 is 0 Å². The van der Waals surface area contributed by atoms with E-state index in [2.05, 4.69) is 28.2 Å². The molecule has 1 saturated carbocycles. The van der Waals surface area contributed by atoms with Crippen LogP contribution >= 0.6 is 15.9 Å². The van der Waals surface area contributed by atoms with Gasteiger partial charge in [-0.1, -0.05) is 22.9 Å². The molecule has 1 N–H and O–H groups in total. The molecule has 104 valence electrons. The first-order valence-electron chi connectivity index (χ1n) is 6.72. The summed E-state index contributed by atoms with van der Waals surface area (Å²) in [7, 11) is 0. The van der Waals surface area contributed by atoms with E-state index in [0.717, 1.165) is 16.0 Å². The van der Waals surface area contributed by atoms with Gasteiger partial charge in [-0.25, -0.2) is 0 Å². The first-order valence-corrected chi connectivity index (χ1v) is 7.51. The molecule has 4 nitrogen and oxygen atoms in total. The van der Waals surface area contributed by atoms with E-state index >= 15 is 0 Å². The Kier molecular flexibility index (Phi) is 4.93. The van der Waals surface area contributed by atoms with Gasteiger partial charge in [-0.05, 0) is 43.2 Å². The Balaban J connectivity index is 1.94. The van der Waals surface area contributed by atoms with Crippen molar-refractivity contribution in [1.82, 2.24) is 5.32 Å². The molecule has 0 spiro atoms. The molecule has 0 atom stereocenters. The van der Waals surface area contributed by atoms with Crippen LogP contribution in [0.2, 0.25) is 0 Å². The number of halogens is 1. The summed E-state index contributed by atoms with van der Waals surface area (Å²) >= 11 is 3.32. The summed E-state index contributed by atoms with van der Waals surface area (Å²) in [6, 6.07) is 5.66. The third-order valence-electron chi connectivity index (χ3n) is 3.76. The molecular weight excluding hydrogens is 308 g/mol. The van der Waals surface area contributed by atoms with Crippen LogP contribution in [0.4, 0.5) is 5.69 Å². The number of nitrogens with one attached hydrogen (secondary N) is 1. The number of hydrogen-bond donors (Lipinski definition) is 1. The molecule has 19 heavy (non-hydrogen) atoms. The summed E-state index contributed by atoms with van der Waals surface area (Å²) < 4.78 is 0.760. The smallest absolute Gasteiger partial charge is 0.270 e. The zero-order valence-corrected chi connectivity index (χ0v) is 12.6. The summed E-state index contributed by atoms with van der Waals surface area (Å²) in [4.78, 5) is 10.5. The second-order valence-electron chi connectivity index (χ2n) is 5.41. The molecule has 5 heteroatoms.